The number of hydrogen-bond acceptors (Lipinski definition) is 4. The van der Waals surface area contributed by atoms with E-state index in [2.05, 4.69) is 5.32 Å². The average molecular weight is 374 g/mol. The summed E-state index contributed by atoms with van der Waals surface area (Å²) in [5, 5.41) is 6.08. The normalized spacial score (nSPS) is 11.3. The zero-order chi connectivity index (χ0) is 18.3. The fraction of sp³-hybridized carbons (Fsp3) is 0.375. The van der Waals surface area contributed by atoms with Crippen LogP contribution in [0.5, 0.6) is 0 Å². The van der Waals surface area contributed by atoms with Crippen molar-refractivity contribution in [2.24, 2.45) is 0 Å². The number of alkyl halides is 3. The van der Waals surface area contributed by atoms with Crippen LogP contribution in [0.25, 0.3) is 0 Å². The molecule has 2 heterocycles. The largest absolute Gasteiger partial charge is 0.467 e. The Kier molecular flexibility index (Phi) is 6.63. The highest BCUT2D eigenvalue weighted by atomic mass is 32.1. The summed E-state index contributed by atoms with van der Waals surface area (Å²) < 4.78 is 43.0. The standard InChI is InChI=1S/C16H17F3N2O3S/c17-16(18,19)11-21(9-13-3-2-7-24-13)14(22)4-1-6-20-15(23)12-5-8-25-10-12/h2-3,5,7-8,10H,1,4,6,9,11H2,(H,20,23). The lowest BCUT2D eigenvalue weighted by atomic mass is 10.2. The predicted octanol–water partition coefficient (Wildman–Crippen LogP) is 3.44. The molecule has 0 aliphatic carbocycles. The molecule has 0 spiro atoms. The average Bonchev–Trinajstić information content (AvgIpc) is 3.22. The van der Waals surface area contributed by atoms with Crippen LogP contribution in [0.4, 0.5) is 13.2 Å². The second kappa shape index (κ2) is 8.70. The Bertz CT molecular complexity index is 669. The summed E-state index contributed by atoms with van der Waals surface area (Å²) in [6, 6.07) is 4.73. The van der Waals surface area contributed by atoms with Gasteiger partial charge in [-0.2, -0.15) is 24.5 Å². The molecule has 136 valence electrons. The van der Waals surface area contributed by atoms with E-state index in [1.54, 1.807) is 22.9 Å². The molecule has 0 aliphatic heterocycles. The molecule has 0 atom stereocenters. The number of halogens is 3. The van der Waals surface area contributed by atoms with E-state index in [9.17, 15) is 22.8 Å². The molecule has 0 aromatic carbocycles. The maximum absolute atomic E-state index is 12.7. The van der Waals surface area contributed by atoms with Crippen molar-refractivity contribution < 1.29 is 27.2 Å². The summed E-state index contributed by atoms with van der Waals surface area (Å²) in [5.41, 5.74) is 0.521. The topological polar surface area (TPSA) is 62.6 Å². The highest BCUT2D eigenvalue weighted by Gasteiger charge is 2.33. The van der Waals surface area contributed by atoms with Crippen molar-refractivity contribution in [3.05, 3.63) is 46.5 Å². The molecule has 0 fully saturated rings. The van der Waals surface area contributed by atoms with Gasteiger partial charge in [-0.05, 0) is 30.0 Å². The van der Waals surface area contributed by atoms with Gasteiger partial charge in [-0.1, -0.05) is 0 Å². The first-order valence-corrected chi connectivity index (χ1v) is 8.47. The molecular formula is C16H17F3N2O3S. The number of hydrogen-bond donors (Lipinski definition) is 1. The maximum Gasteiger partial charge on any atom is 0.406 e. The highest BCUT2D eigenvalue weighted by Crippen LogP contribution is 2.19. The van der Waals surface area contributed by atoms with E-state index in [4.69, 9.17) is 4.42 Å². The van der Waals surface area contributed by atoms with E-state index in [1.165, 1.54) is 23.7 Å². The van der Waals surface area contributed by atoms with Crippen LogP contribution in [0.1, 0.15) is 29.0 Å². The Hall–Kier alpha value is -2.29. The molecule has 0 bridgehead atoms. The van der Waals surface area contributed by atoms with Gasteiger partial charge in [0, 0.05) is 23.9 Å². The van der Waals surface area contributed by atoms with Crippen molar-refractivity contribution in [1.82, 2.24) is 10.2 Å². The summed E-state index contributed by atoms with van der Waals surface area (Å²) in [7, 11) is 0. The summed E-state index contributed by atoms with van der Waals surface area (Å²) >= 11 is 1.39. The lowest BCUT2D eigenvalue weighted by Crippen LogP contribution is -2.38. The van der Waals surface area contributed by atoms with Gasteiger partial charge in [0.05, 0.1) is 12.8 Å². The molecule has 25 heavy (non-hydrogen) atoms. The van der Waals surface area contributed by atoms with E-state index in [-0.39, 0.29) is 37.6 Å². The van der Waals surface area contributed by atoms with E-state index in [1.807, 2.05) is 0 Å². The number of carbonyl (C=O) groups is 2. The lowest BCUT2D eigenvalue weighted by molar-refractivity contribution is -0.162. The van der Waals surface area contributed by atoms with Gasteiger partial charge in [0.2, 0.25) is 5.91 Å². The summed E-state index contributed by atoms with van der Waals surface area (Å²) in [4.78, 5) is 24.5. The fourth-order valence-electron chi connectivity index (χ4n) is 2.13. The zero-order valence-corrected chi connectivity index (χ0v) is 14.0. The predicted molar refractivity (Wildman–Crippen MR) is 86.1 cm³/mol. The molecular weight excluding hydrogens is 357 g/mol. The molecule has 0 saturated carbocycles. The van der Waals surface area contributed by atoms with Crippen LogP contribution in [-0.4, -0.2) is 36.0 Å². The monoisotopic (exact) mass is 374 g/mol. The molecule has 2 aromatic rings. The first-order chi connectivity index (χ1) is 11.8. The minimum atomic E-state index is -4.49. The Labute approximate surface area is 146 Å². The number of carbonyl (C=O) groups excluding carboxylic acids is 2. The molecule has 1 N–H and O–H groups in total. The number of thiophene rings is 1. The molecule has 5 nitrogen and oxygen atoms in total. The van der Waals surface area contributed by atoms with Crippen molar-refractivity contribution in [2.45, 2.75) is 25.6 Å². The van der Waals surface area contributed by atoms with Gasteiger partial charge < -0.3 is 14.6 Å². The van der Waals surface area contributed by atoms with Crippen LogP contribution in [0.2, 0.25) is 0 Å². The Morgan fingerprint density at radius 1 is 1.28 bits per heavy atom. The zero-order valence-electron chi connectivity index (χ0n) is 13.2. The molecule has 2 amide bonds. The van der Waals surface area contributed by atoms with Crippen molar-refractivity contribution in [3.8, 4) is 0 Å². The fourth-order valence-corrected chi connectivity index (χ4v) is 2.77. The summed E-state index contributed by atoms with van der Waals surface area (Å²) in [6.45, 7) is -1.37. The van der Waals surface area contributed by atoms with Gasteiger partial charge in [-0.3, -0.25) is 9.59 Å². The van der Waals surface area contributed by atoms with Crippen molar-refractivity contribution in [3.63, 3.8) is 0 Å². The minimum absolute atomic E-state index is 0.0965. The summed E-state index contributed by atoms with van der Waals surface area (Å²) in [6.07, 6.45) is -3.00. The molecule has 0 saturated heterocycles. The molecule has 2 rings (SSSR count). The molecule has 0 aliphatic rings. The van der Waals surface area contributed by atoms with Crippen LogP contribution >= 0.6 is 11.3 Å². The Morgan fingerprint density at radius 2 is 2.08 bits per heavy atom. The number of rotatable bonds is 8. The molecule has 2 aromatic heterocycles. The van der Waals surface area contributed by atoms with Crippen LogP contribution in [-0.2, 0) is 11.3 Å². The second-order valence-corrected chi connectivity index (χ2v) is 6.10. The van der Waals surface area contributed by atoms with Crippen LogP contribution in [0.3, 0.4) is 0 Å². The minimum Gasteiger partial charge on any atom is -0.467 e. The third kappa shape index (κ3) is 6.61. The SMILES string of the molecule is O=C(NCCCC(=O)N(Cc1ccco1)CC(F)(F)F)c1ccsc1. The maximum atomic E-state index is 12.7. The molecule has 0 unspecified atom stereocenters. The number of furan rings is 1. The summed E-state index contributed by atoms with van der Waals surface area (Å²) in [5.74, 6) is -0.627. The van der Waals surface area contributed by atoms with Gasteiger partial charge in [-0.25, -0.2) is 0 Å². The highest BCUT2D eigenvalue weighted by molar-refractivity contribution is 7.08. The van der Waals surface area contributed by atoms with Gasteiger partial charge in [0.15, 0.2) is 0 Å². The third-order valence-corrected chi connectivity index (χ3v) is 3.97. The van der Waals surface area contributed by atoms with E-state index >= 15 is 0 Å². The van der Waals surface area contributed by atoms with E-state index < -0.39 is 18.6 Å². The Balaban J connectivity index is 1.81. The van der Waals surface area contributed by atoms with Crippen LogP contribution < -0.4 is 5.32 Å². The van der Waals surface area contributed by atoms with Crippen molar-refractivity contribution >= 4 is 23.2 Å². The van der Waals surface area contributed by atoms with E-state index in [0.717, 1.165) is 0 Å². The van der Waals surface area contributed by atoms with Gasteiger partial charge in [0.25, 0.3) is 5.91 Å². The van der Waals surface area contributed by atoms with Gasteiger partial charge >= 0.3 is 6.18 Å². The van der Waals surface area contributed by atoms with E-state index in [0.29, 0.717) is 10.5 Å². The van der Waals surface area contributed by atoms with Gasteiger partial charge in [0.1, 0.15) is 12.3 Å². The number of nitrogens with zero attached hydrogens (tertiary/aromatic N) is 1. The first kappa shape index (κ1) is 19.0. The van der Waals surface area contributed by atoms with Crippen molar-refractivity contribution in [1.29, 1.82) is 0 Å². The second-order valence-electron chi connectivity index (χ2n) is 5.32. The van der Waals surface area contributed by atoms with Crippen LogP contribution in [0.15, 0.2) is 39.6 Å². The molecule has 9 heteroatoms. The van der Waals surface area contributed by atoms with Crippen LogP contribution in [0, 0.1) is 0 Å². The van der Waals surface area contributed by atoms with Crippen molar-refractivity contribution in [2.75, 3.05) is 13.1 Å². The smallest absolute Gasteiger partial charge is 0.406 e. The number of amides is 2. The lowest BCUT2D eigenvalue weighted by Gasteiger charge is -2.23. The first-order valence-electron chi connectivity index (χ1n) is 7.52. The van der Waals surface area contributed by atoms with Gasteiger partial charge in [-0.15, -0.1) is 0 Å². The quantitative estimate of drug-likeness (QED) is 0.720. The Morgan fingerprint density at radius 3 is 2.68 bits per heavy atom. The number of nitrogens with one attached hydrogen (secondary N) is 1. The molecule has 0 radical (unpaired) electrons. The third-order valence-electron chi connectivity index (χ3n) is 3.29.